The van der Waals surface area contributed by atoms with E-state index in [2.05, 4.69) is 224 Å². The monoisotopic (exact) mass is 1290 g/mol. The van der Waals surface area contributed by atoms with Crippen molar-refractivity contribution in [1.82, 2.24) is 0 Å². The van der Waals surface area contributed by atoms with Crippen LogP contribution in [-0.4, -0.2) is 36.3 Å². The van der Waals surface area contributed by atoms with Gasteiger partial charge in [-0.25, -0.2) is 0 Å². The van der Waals surface area contributed by atoms with E-state index < -0.39 is 36.3 Å². The molecule has 0 radical (unpaired) electrons. The van der Waals surface area contributed by atoms with Crippen molar-refractivity contribution < 1.29 is 0 Å². The average molecular weight is 1290 g/mol. The molecule has 64 heavy (non-hydrogen) atoms. The molecule has 0 N–H and O–H groups in total. The van der Waals surface area contributed by atoms with Crippen LogP contribution in [0.3, 0.4) is 0 Å². The van der Waals surface area contributed by atoms with Crippen molar-refractivity contribution >= 4 is 58.6 Å². The van der Waals surface area contributed by atoms with Gasteiger partial charge in [0.05, 0.1) is 0 Å². The average Bonchev–Trinajstić information content (AvgIpc) is 3.18. The minimum absolute atomic E-state index is 0.446. The summed E-state index contributed by atoms with van der Waals surface area (Å²) in [6.07, 6.45) is 0. The van der Waals surface area contributed by atoms with Gasteiger partial charge in [-0.05, 0) is 0 Å². The van der Waals surface area contributed by atoms with Crippen LogP contribution in [0.25, 0.3) is 0 Å². The van der Waals surface area contributed by atoms with Crippen molar-refractivity contribution in [2.24, 2.45) is 0 Å². The Morgan fingerprint density at radius 1 is 0.219 bits per heavy atom. The molecule has 0 nitrogen and oxygen atoms in total. The van der Waals surface area contributed by atoms with E-state index in [1.54, 1.807) is 44.5 Å². The van der Waals surface area contributed by atoms with Gasteiger partial charge in [-0.2, -0.15) is 0 Å². The Bertz CT molecular complexity index is 1840. The van der Waals surface area contributed by atoms with Gasteiger partial charge in [0.1, 0.15) is 0 Å². The summed E-state index contributed by atoms with van der Waals surface area (Å²) in [5, 5.41) is 0. The van der Waals surface area contributed by atoms with Gasteiger partial charge in [-0.15, -0.1) is 0 Å². The van der Waals surface area contributed by atoms with E-state index in [0.717, 1.165) is 0 Å². The SMILES string of the molecule is CC(C)c1cc(C(C)C)[c]([Pb]2([c]3c(C(C)C)cc(C(C)C)cc3C(C)C)[S][Pb]([c]3c(C(C)C)cc(C(C)C)cc3C(C)C)([c]3c(C(C)C)cc(C(C)C)cc3C(C)C)[S]2)c(C(C)C)c1. The second-order valence-electron chi connectivity index (χ2n) is 23.6. The molecular formula is C60H92Pb2S2. The number of hydrogen-bond acceptors (Lipinski definition) is 2. The van der Waals surface area contributed by atoms with Crippen molar-refractivity contribution in [1.29, 1.82) is 0 Å². The Labute approximate surface area is 406 Å². The van der Waals surface area contributed by atoms with Gasteiger partial charge < -0.3 is 0 Å². The van der Waals surface area contributed by atoms with Crippen molar-refractivity contribution in [2.45, 2.75) is 237 Å². The molecular weight excluding hydrogens is 1200 g/mol. The van der Waals surface area contributed by atoms with Gasteiger partial charge in [0, 0.05) is 0 Å². The number of rotatable bonds is 16. The predicted molar refractivity (Wildman–Crippen MR) is 300 cm³/mol. The Morgan fingerprint density at radius 3 is 0.438 bits per heavy atom. The van der Waals surface area contributed by atoms with Crippen LogP contribution in [0, 0.1) is 0 Å². The maximum absolute atomic E-state index is 4.17. The molecule has 0 bridgehead atoms. The quantitative estimate of drug-likeness (QED) is 0.103. The van der Waals surface area contributed by atoms with Gasteiger partial charge in [-0.1, -0.05) is 0 Å². The molecule has 4 heteroatoms. The number of benzene rings is 4. The van der Waals surface area contributed by atoms with Crippen LogP contribution >= 0.6 is 9.72 Å². The van der Waals surface area contributed by atoms with Crippen LogP contribution < -0.4 is 12.5 Å². The molecule has 0 unspecified atom stereocenters. The molecule has 0 saturated carbocycles. The standard InChI is InChI=1S/4C15H23.2Pb.2S/c4*1-10(2)13-7-14(11(3)4)9-15(8-13)12(5)6;;;;/h4*7-8,10-12H,1-6H3;;;;. The first-order chi connectivity index (χ1) is 29.6. The molecule has 1 fully saturated rings. The Hall–Kier alpha value is -0.576. The molecule has 0 aromatic heterocycles. The second kappa shape index (κ2) is 21.2. The Balaban J connectivity index is 2.21. The van der Waals surface area contributed by atoms with Crippen LogP contribution in [0.1, 0.15) is 304 Å². The van der Waals surface area contributed by atoms with Gasteiger partial charge in [0.2, 0.25) is 0 Å². The van der Waals surface area contributed by atoms with E-state index in [-0.39, 0.29) is 0 Å². The van der Waals surface area contributed by atoms with E-state index in [0.29, 0.717) is 71.0 Å². The van der Waals surface area contributed by atoms with Crippen molar-refractivity contribution in [2.75, 3.05) is 0 Å². The van der Waals surface area contributed by atoms with Crippen LogP contribution in [0.4, 0.5) is 0 Å². The van der Waals surface area contributed by atoms with E-state index in [1.807, 2.05) is 12.5 Å². The molecule has 0 spiro atoms. The molecule has 1 aliphatic heterocycles. The van der Waals surface area contributed by atoms with Gasteiger partial charge in [-0.3, -0.25) is 0 Å². The molecule has 0 amide bonds. The molecule has 1 heterocycles. The Morgan fingerprint density at radius 2 is 0.344 bits per heavy atom. The zero-order valence-corrected chi connectivity index (χ0v) is 54.8. The fourth-order valence-electron chi connectivity index (χ4n) is 10.4. The summed E-state index contributed by atoms with van der Waals surface area (Å²) in [6.45, 7) is 59.6. The molecule has 0 atom stereocenters. The molecule has 1 saturated heterocycles. The summed E-state index contributed by atoms with van der Waals surface area (Å²) in [5.74, 6) is 5.52. The first kappa shape index (κ1) is 54.4. The maximum atomic E-state index is 2.80. The van der Waals surface area contributed by atoms with Gasteiger partial charge in [0.15, 0.2) is 0 Å². The van der Waals surface area contributed by atoms with Crippen molar-refractivity contribution in [3.05, 3.63) is 115 Å². The molecule has 0 aliphatic carbocycles. The second-order valence-corrected chi connectivity index (χ2v) is 114. The zero-order valence-electron chi connectivity index (χ0n) is 45.4. The summed E-state index contributed by atoms with van der Waals surface area (Å²) in [4.78, 5) is 5.60. The van der Waals surface area contributed by atoms with E-state index in [1.165, 1.54) is 22.3 Å². The molecule has 1 aliphatic rings. The first-order valence-electron chi connectivity index (χ1n) is 25.8. The van der Waals surface area contributed by atoms with Crippen LogP contribution in [-0.2, 0) is 0 Å². The zero-order chi connectivity index (χ0) is 48.2. The normalized spacial score (nSPS) is 15.4. The van der Waals surface area contributed by atoms with Crippen molar-refractivity contribution in [3.63, 3.8) is 0 Å². The van der Waals surface area contributed by atoms with E-state index in [9.17, 15) is 0 Å². The fourth-order valence-corrected chi connectivity index (χ4v) is 337. The van der Waals surface area contributed by atoms with Crippen LogP contribution in [0.2, 0.25) is 0 Å². The van der Waals surface area contributed by atoms with Crippen molar-refractivity contribution in [3.8, 4) is 0 Å². The first-order valence-corrected chi connectivity index (χ1v) is 54.2. The topological polar surface area (TPSA) is 0 Å². The van der Waals surface area contributed by atoms with Gasteiger partial charge in [0.25, 0.3) is 0 Å². The molecule has 5 rings (SSSR count). The molecule has 4 aromatic carbocycles. The van der Waals surface area contributed by atoms with Gasteiger partial charge >= 0.3 is 411 Å². The Kier molecular flexibility index (Phi) is 18.0. The van der Waals surface area contributed by atoms with E-state index in [4.69, 9.17) is 0 Å². The van der Waals surface area contributed by atoms with Crippen LogP contribution in [0.15, 0.2) is 48.5 Å². The van der Waals surface area contributed by atoms with Crippen LogP contribution in [0.5, 0.6) is 0 Å². The third-order valence-corrected chi connectivity index (χ3v) is 257. The minimum atomic E-state index is -4.17. The fraction of sp³-hybridized carbons (Fsp3) is 0.600. The predicted octanol–water partition coefficient (Wildman–Crippen LogP) is 17.5. The summed E-state index contributed by atoms with van der Waals surface area (Å²) in [5.41, 5.74) is 19.4. The summed E-state index contributed by atoms with van der Waals surface area (Å²) in [7, 11) is 0. The third kappa shape index (κ3) is 10.3. The number of hydrogen-bond donors (Lipinski definition) is 0. The third-order valence-electron chi connectivity index (χ3n) is 14.4. The summed E-state index contributed by atoms with van der Waals surface area (Å²) in [6, 6.07) is 21.7. The molecule has 4 aromatic rings. The molecule has 352 valence electrons. The summed E-state index contributed by atoms with van der Waals surface area (Å²) < 4.78 is 7.45. The van der Waals surface area contributed by atoms with E-state index >= 15 is 0 Å². The summed E-state index contributed by atoms with van der Waals surface area (Å²) >= 11 is -8.34.